The number of benzene rings is 1. The van der Waals surface area contributed by atoms with E-state index in [-0.39, 0.29) is 0 Å². The van der Waals surface area contributed by atoms with E-state index in [0.717, 1.165) is 22.9 Å². The van der Waals surface area contributed by atoms with E-state index in [1.54, 1.807) is 0 Å². The molecular formula is C18H25N3. The first-order valence-electron chi connectivity index (χ1n) is 7.49. The molecule has 112 valence electrons. The molecule has 0 aliphatic carbocycles. The summed E-state index contributed by atoms with van der Waals surface area (Å²) >= 11 is 0. The van der Waals surface area contributed by atoms with Gasteiger partial charge in [0, 0.05) is 23.9 Å². The van der Waals surface area contributed by atoms with Crippen LogP contribution in [0.15, 0.2) is 12.1 Å². The van der Waals surface area contributed by atoms with E-state index < -0.39 is 0 Å². The highest BCUT2D eigenvalue weighted by Crippen LogP contribution is 2.31. The van der Waals surface area contributed by atoms with Gasteiger partial charge in [0.2, 0.25) is 0 Å². The Bertz CT molecular complexity index is 649. The normalized spacial score (nSPS) is 11.0. The molecule has 0 bridgehead atoms. The predicted molar refractivity (Wildman–Crippen MR) is 90.1 cm³/mol. The summed E-state index contributed by atoms with van der Waals surface area (Å²) in [6.07, 6.45) is 0. The van der Waals surface area contributed by atoms with Crippen LogP contribution in [0.5, 0.6) is 0 Å². The second-order valence-corrected chi connectivity index (χ2v) is 6.07. The van der Waals surface area contributed by atoms with Crippen LogP contribution >= 0.6 is 0 Å². The third kappa shape index (κ3) is 2.92. The highest BCUT2D eigenvalue weighted by atomic mass is 15.0. The predicted octanol–water partition coefficient (Wildman–Crippen LogP) is 4.54. The van der Waals surface area contributed by atoms with E-state index >= 15 is 0 Å². The standard InChI is InChI=1S/C18H25N3/c1-10(2)15-14(6)20-18(21-17(15)19-7)16-12(4)8-11(3)9-13(16)5/h8-10H,1-7H3,(H,19,20,21). The van der Waals surface area contributed by atoms with Gasteiger partial charge in [0.1, 0.15) is 5.82 Å². The van der Waals surface area contributed by atoms with E-state index in [2.05, 4.69) is 59.0 Å². The van der Waals surface area contributed by atoms with Crippen LogP contribution in [0.25, 0.3) is 11.4 Å². The van der Waals surface area contributed by atoms with Crippen LogP contribution in [-0.4, -0.2) is 17.0 Å². The lowest BCUT2D eigenvalue weighted by Crippen LogP contribution is -2.08. The molecule has 1 aromatic carbocycles. The molecule has 2 aromatic rings. The number of nitrogens with zero attached hydrogens (tertiary/aromatic N) is 2. The summed E-state index contributed by atoms with van der Waals surface area (Å²) in [5.41, 5.74) is 7.13. The van der Waals surface area contributed by atoms with Gasteiger partial charge in [-0.2, -0.15) is 0 Å². The molecule has 0 radical (unpaired) electrons. The molecule has 0 fully saturated rings. The van der Waals surface area contributed by atoms with E-state index in [1.165, 1.54) is 22.3 Å². The zero-order valence-electron chi connectivity index (χ0n) is 14.1. The lowest BCUT2D eigenvalue weighted by atomic mass is 9.98. The van der Waals surface area contributed by atoms with Crippen LogP contribution in [0.2, 0.25) is 0 Å². The average molecular weight is 283 g/mol. The third-order valence-corrected chi connectivity index (χ3v) is 3.85. The summed E-state index contributed by atoms with van der Waals surface area (Å²) in [6.45, 7) is 12.8. The number of anilines is 1. The van der Waals surface area contributed by atoms with E-state index in [0.29, 0.717) is 5.92 Å². The maximum absolute atomic E-state index is 4.77. The van der Waals surface area contributed by atoms with Gasteiger partial charge in [0.05, 0.1) is 0 Å². The summed E-state index contributed by atoms with van der Waals surface area (Å²) in [5, 5.41) is 3.23. The second kappa shape index (κ2) is 5.84. The molecule has 1 heterocycles. The highest BCUT2D eigenvalue weighted by Gasteiger charge is 2.17. The maximum Gasteiger partial charge on any atom is 0.162 e. The van der Waals surface area contributed by atoms with Gasteiger partial charge in [0.25, 0.3) is 0 Å². The maximum atomic E-state index is 4.77. The van der Waals surface area contributed by atoms with Crippen molar-refractivity contribution in [2.75, 3.05) is 12.4 Å². The number of nitrogens with one attached hydrogen (secondary N) is 1. The van der Waals surface area contributed by atoms with Crippen LogP contribution in [0.1, 0.15) is 47.7 Å². The molecule has 1 N–H and O–H groups in total. The van der Waals surface area contributed by atoms with Gasteiger partial charge < -0.3 is 5.32 Å². The first kappa shape index (κ1) is 15.5. The fourth-order valence-electron chi connectivity index (χ4n) is 3.11. The van der Waals surface area contributed by atoms with Crippen LogP contribution in [0, 0.1) is 27.7 Å². The van der Waals surface area contributed by atoms with Crippen molar-refractivity contribution in [1.29, 1.82) is 0 Å². The van der Waals surface area contributed by atoms with Crippen molar-refractivity contribution < 1.29 is 0 Å². The Morgan fingerprint density at radius 2 is 1.52 bits per heavy atom. The van der Waals surface area contributed by atoms with Crippen LogP contribution in [-0.2, 0) is 0 Å². The van der Waals surface area contributed by atoms with Gasteiger partial charge in [-0.3, -0.25) is 0 Å². The quantitative estimate of drug-likeness (QED) is 0.898. The summed E-state index contributed by atoms with van der Waals surface area (Å²) < 4.78 is 0. The Balaban J connectivity index is 2.69. The molecule has 0 unspecified atom stereocenters. The minimum Gasteiger partial charge on any atom is -0.373 e. The largest absolute Gasteiger partial charge is 0.373 e. The summed E-state index contributed by atoms with van der Waals surface area (Å²) in [6, 6.07) is 4.38. The summed E-state index contributed by atoms with van der Waals surface area (Å²) in [7, 11) is 1.92. The minimum atomic E-state index is 0.404. The van der Waals surface area contributed by atoms with E-state index in [1.807, 2.05) is 7.05 Å². The lowest BCUT2D eigenvalue weighted by Gasteiger charge is -2.17. The first-order chi connectivity index (χ1) is 9.85. The zero-order chi connectivity index (χ0) is 15.7. The van der Waals surface area contributed by atoms with Crippen molar-refractivity contribution in [1.82, 2.24) is 9.97 Å². The van der Waals surface area contributed by atoms with Crippen molar-refractivity contribution >= 4 is 5.82 Å². The Hall–Kier alpha value is -1.90. The fraction of sp³-hybridized carbons (Fsp3) is 0.444. The van der Waals surface area contributed by atoms with Crippen molar-refractivity contribution in [2.24, 2.45) is 0 Å². The van der Waals surface area contributed by atoms with Gasteiger partial charge in [-0.15, -0.1) is 0 Å². The Labute approximate surface area is 127 Å². The number of hydrogen-bond acceptors (Lipinski definition) is 3. The molecule has 0 aliphatic heterocycles. The van der Waals surface area contributed by atoms with Gasteiger partial charge >= 0.3 is 0 Å². The Kier molecular flexibility index (Phi) is 4.31. The molecule has 0 spiro atoms. The number of hydrogen-bond donors (Lipinski definition) is 1. The average Bonchev–Trinajstić information content (AvgIpc) is 2.35. The molecule has 1 aromatic heterocycles. The van der Waals surface area contributed by atoms with Crippen molar-refractivity contribution in [3.05, 3.63) is 40.1 Å². The van der Waals surface area contributed by atoms with Crippen molar-refractivity contribution in [3.63, 3.8) is 0 Å². The molecule has 0 saturated heterocycles. The number of aromatic nitrogens is 2. The van der Waals surface area contributed by atoms with Gasteiger partial charge in [0.15, 0.2) is 5.82 Å². The summed E-state index contributed by atoms with van der Waals surface area (Å²) in [5.74, 6) is 2.16. The van der Waals surface area contributed by atoms with Crippen LogP contribution in [0.4, 0.5) is 5.82 Å². The fourth-order valence-corrected chi connectivity index (χ4v) is 3.11. The SMILES string of the molecule is CNc1nc(-c2c(C)cc(C)cc2C)nc(C)c1C(C)C. The van der Waals surface area contributed by atoms with Crippen LogP contribution < -0.4 is 5.32 Å². The molecule has 0 amide bonds. The lowest BCUT2D eigenvalue weighted by molar-refractivity contribution is 0.833. The molecule has 0 aliphatic rings. The van der Waals surface area contributed by atoms with E-state index in [4.69, 9.17) is 9.97 Å². The third-order valence-electron chi connectivity index (χ3n) is 3.85. The van der Waals surface area contributed by atoms with Crippen LogP contribution in [0.3, 0.4) is 0 Å². The smallest absolute Gasteiger partial charge is 0.162 e. The van der Waals surface area contributed by atoms with E-state index in [9.17, 15) is 0 Å². The Morgan fingerprint density at radius 3 is 2.00 bits per heavy atom. The van der Waals surface area contributed by atoms with Gasteiger partial charge in [-0.25, -0.2) is 9.97 Å². The topological polar surface area (TPSA) is 37.8 Å². The monoisotopic (exact) mass is 283 g/mol. The Morgan fingerprint density at radius 1 is 0.952 bits per heavy atom. The van der Waals surface area contributed by atoms with Gasteiger partial charge in [-0.05, 0) is 44.7 Å². The molecular weight excluding hydrogens is 258 g/mol. The van der Waals surface area contributed by atoms with Crippen molar-refractivity contribution in [2.45, 2.75) is 47.5 Å². The molecule has 0 atom stereocenters. The molecule has 2 rings (SSSR count). The highest BCUT2D eigenvalue weighted by molar-refractivity contribution is 5.67. The first-order valence-corrected chi connectivity index (χ1v) is 7.49. The number of rotatable bonds is 3. The molecule has 0 saturated carbocycles. The van der Waals surface area contributed by atoms with Crippen molar-refractivity contribution in [3.8, 4) is 11.4 Å². The number of aryl methyl sites for hydroxylation is 4. The molecule has 3 nitrogen and oxygen atoms in total. The second-order valence-electron chi connectivity index (χ2n) is 6.07. The molecule has 21 heavy (non-hydrogen) atoms. The zero-order valence-corrected chi connectivity index (χ0v) is 14.1. The molecule has 3 heteroatoms. The summed E-state index contributed by atoms with van der Waals surface area (Å²) in [4.78, 5) is 9.55. The van der Waals surface area contributed by atoms with Gasteiger partial charge in [-0.1, -0.05) is 31.5 Å². The minimum absolute atomic E-state index is 0.404.